The van der Waals surface area contributed by atoms with Gasteiger partial charge in [-0.15, -0.1) is 0 Å². The van der Waals surface area contributed by atoms with Crippen molar-refractivity contribution >= 4 is 17.7 Å². The minimum atomic E-state index is -0.790. The highest BCUT2D eigenvalue weighted by atomic mass is 16.6. The third kappa shape index (κ3) is 6.43. The Hall–Kier alpha value is -2.31. The second kappa shape index (κ2) is 7.63. The van der Waals surface area contributed by atoms with E-state index in [4.69, 9.17) is 15.2 Å². The number of nitrogens with zero attached hydrogens (tertiary/aromatic N) is 1. The number of ether oxygens (including phenoxy) is 2. The van der Waals surface area contributed by atoms with Gasteiger partial charge < -0.3 is 20.5 Å². The molecule has 1 atom stereocenters. The van der Waals surface area contributed by atoms with Gasteiger partial charge in [0.2, 0.25) is 0 Å². The molecule has 22 heavy (non-hydrogen) atoms. The van der Waals surface area contributed by atoms with Gasteiger partial charge in [-0.3, -0.25) is 4.98 Å². The quantitative estimate of drug-likeness (QED) is 0.802. The Balaban J connectivity index is 2.65. The van der Waals surface area contributed by atoms with E-state index in [0.29, 0.717) is 18.5 Å². The highest BCUT2D eigenvalue weighted by molar-refractivity contribution is 5.81. The largest absolute Gasteiger partial charge is 0.467 e. The predicted octanol–water partition coefficient (Wildman–Crippen LogP) is 1.66. The first-order valence-corrected chi connectivity index (χ1v) is 6.98. The van der Waals surface area contributed by atoms with E-state index in [9.17, 15) is 9.59 Å². The lowest BCUT2D eigenvalue weighted by molar-refractivity contribution is -0.143. The number of pyridine rings is 1. The van der Waals surface area contributed by atoms with Crippen LogP contribution in [0.3, 0.4) is 0 Å². The van der Waals surface area contributed by atoms with Crippen LogP contribution in [-0.2, 0) is 20.7 Å². The number of alkyl carbamates (subject to hydrolysis) is 1. The predicted molar refractivity (Wildman–Crippen MR) is 82.1 cm³/mol. The highest BCUT2D eigenvalue weighted by Gasteiger charge is 2.24. The number of methoxy groups -OCH3 is 1. The first-order valence-electron chi connectivity index (χ1n) is 6.98. The molecule has 0 aliphatic carbocycles. The number of aryl methyl sites for hydroxylation is 1. The first kappa shape index (κ1) is 17.7. The molecule has 1 rings (SSSR count). The van der Waals surface area contributed by atoms with Gasteiger partial charge >= 0.3 is 12.1 Å². The van der Waals surface area contributed by atoms with Crippen LogP contribution in [0.15, 0.2) is 18.5 Å². The number of nitrogen functional groups attached to an aromatic ring is 1. The van der Waals surface area contributed by atoms with Crippen LogP contribution in [0.5, 0.6) is 0 Å². The third-order valence-corrected chi connectivity index (χ3v) is 2.71. The number of rotatable bonds is 5. The van der Waals surface area contributed by atoms with Gasteiger partial charge in [-0.25, -0.2) is 9.59 Å². The molecule has 1 aromatic rings. The van der Waals surface area contributed by atoms with Gasteiger partial charge in [0.15, 0.2) is 0 Å². The number of carbonyl (C=O) groups excluding carboxylic acids is 2. The number of carbonyl (C=O) groups is 2. The van der Waals surface area contributed by atoms with E-state index >= 15 is 0 Å². The van der Waals surface area contributed by atoms with E-state index in [1.165, 1.54) is 7.11 Å². The number of hydrogen-bond acceptors (Lipinski definition) is 6. The van der Waals surface area contributed by atoms with E-state index in [-0.39, 0.29) is 0 Å². The average Bonchev–Trinajstić information content (AvgIpc) is 2.40. The number of aromatic nitrogens is 1. The molecule has 3 N–H and O–H groups in total. The van der Waals surface area contributed by atoms with Crippen LogP contribution < -0.4 is 11.1 Å². The van der Waals surface area contributed by atoms with Crippen molar-refractivity contribution in [1.29, 1.82) is 0 Å². The number of nitrogens with one attached hydrogen (secondary N) is 1. The molecule has 122 valence electrons. The summed E-state index contributed by atoms with van der Waals surface area (Å²) in [4.78, 5) is 27.5. The van der Waals surface area contributed by atoms with Crippen LogP contribution in [0.4, 0.5) is 10.5 Å². The zero-order chi connectivity index (χ0) is 16.8. The fraction of sp³-hybridized carbons (Fsp3) is 0.533. The molecule has 1 aromatic heterocycles. The average molecular weight is 309 g/mol. The number of hydrogen-bond donors (Lipinski definition) is 2. The van der Waals surface area contributed by atoms with Gasteiger partial charge in [-0.05, 0) is 45.2 Å². The molecule has 1 amide bonds. The number of esters is 1. The van der Waals surface area contributed by atoms with Gasteiger partial charge in [0.25, 0.3) is 0 Å². The van der Waals surface area contributed by atoms with E-state index < -0.39 is 23.7 Å². The van der Waals surface area contributed by atoms with Gasteiger partial charge in [0.05, 0.1) is 12.8 Å². The van der Waals surface area contributed by atoms with Gasteiger partial charge in [0, 0.05) is 12.4 Å². The highest BCUT2D eigenvalue weighted by Crippen LogP contribution is 2.11. The zero-order valence-electron chi connectivity index (χ0n) is 13.4. The van der Waals surface area contributed by atoms with Crippen LogP contribution in [-0.4, -0.2) is 35.8 Å². The monoisotopic (exact) mass is 309 g/mol. The molecule has 7 heteroatoms. The van der Waals surface area contributed by atoms with Gasteiger partial charge in [-0.2, -0.15) is 0 Å². The lowest BCUT2D eigenvalue weighted by atomic mass is 10.1. The summed E-state index contributed by atoms with van der Waals surface area (Å²) in [6, 6.07) is 0.982. The summed E-state index contributed by atoms with van der Waals surface area (Å²) in [5, 5.41) is 2.52. The SMILES string of the molecule is COC(=O)[C@H](CCc1cncc(N)c1)NC(=O)OC(C)(C)C. The molecule has 0 aliphatic heterocycles. The topological polar surface area (TPSA) is 104 Å². The maximum Gasteiger partial charge on any atom is 0.408 e. The van der Waals surface area contributed by atoms with Crippen molar-refractivity contribution in [2.45, 2.75) is 45.3 Å². The first-order chi connectivity index (χ1) is 10.2. The van der Waals surface area contributed by atoms with Gasteiger partial charge in [-0.1, -0.05) is 0 Å². The molecule has 1 heterocycles. The summed E-state index contributed by atoms with van der Waals surface area (Å²) in [5.74, 6) is -0.525. The summed E-state index contributed by atoms with van der Waals surface area (Å²) >= 11 is 0. The summed E-state index contributed by atoms with van der Waals surface area (Å²) in [6.07, 6.45) is 3.43. The van der Waals surface area contributed by atoms with Crippen LogP contribution in [0.1, 0.15) is 32.8 Å². The molecular formula is C15H23N3O4. The molecule has 0 aliphatic rings. The summed E-state index contributed by atoms with van der Waals surface area (Å²) < 4.78 is 9.85. The Kier molecular flexibility index (Phi) is 6.15. The fourth-order valence-corrected chi connectivity index (χ4v) is 1.80. The Morgan fingerprint density at radius 1 is 1.36 bits per heavy atom. The van der Waals surface area contributed by atoms with Crippen LogP contribution in [0, 0.1) is 0 Å². The Morgan fingerprint density at radius 2 is 2.05 bits per heavy atom. The smallest absolute Gasteiger partial charge is 0.408 e. The molecule has 0 fully saturated rings. The molecular weight excluding hydrogens is 286 g/mol. The minimum Gasteiger partial charge on any atom is -0.467 e. The molecule has 7 nitrogen and oxygen atoms in total. The van der Waals surface area contributed by atoms with Crippen molar-refractivity contribution in [1.82, 2.24) is 10.3 Å². The van der Waals surface area contributed by atoms with E-state index in [1.54, 1.807) is 39.2 Å². The lowest BCUT2D eigenvalue weighted by Crippen LogP contribution is -2.44. The Bertz CT molecular complexity index is 526. The number of nitrogens with two attached hydrogens (primary N) is 1. The normalized spacial score (nSPS) is 12.4. The van der Waals surface area contributed by atoms with Gasteiger partial charge in [0.1, 0.15) is 11.6 Å². The molecule has 0 saturated heterocycles. The van der Waals surface area contributed by atoms with E-state index in [2.05, 4.69) is 10.3 Å². The Morgan fingerprint density at radius 3 is 2.59 bits per heavy atom. The molecule has 0 bridgehead atoms. The Labute approximate surface area is 130 Å². The van der Waals surface area contributed by atoms with Crippen molar-refractivity contribution in [3.8, 4) is 0 Å². The minimum absolute atomic E-state index is 0.358. The molecule has 0 radical (unpaired) electrons. The van der Waals surface area contributed by atoms with Crippen LogP contribution >= 0.6 is 0 Å². The lowest BCUT2D eigenvalue weighted by Gasteiger charge is -2.22. The van der Waals surface area contributed by atoms with E-state index in [0.717, 1.165) is 5.56 Å². The maximum absolute atomic E-state index is 11.8. The second-order valence-corrected chi connectivity index (χ2v) is 5.89. The molecule has 0 aromatic carbocycles. The van der Waals surface area contributed by atoms with Crippen LogP contribution in [0.2, 0.25) is 0 Å². The maximum atomic E-state index is 11.8. The van der Waals surface area contributed by atoms with Crippen molar-refractivity contribution in [3.63, 3.8) is 0 Å². The van der Waals surface area contributed by atoms with Crippen LogP contribution in [0.25, 0.3) is 0 Å². The summed E-state index contributed by atoms with van der Waals surface area (Å²) in [7, 11) is 1.27. The van der Waals surface area contributed by atoms with Crippen molar-refractivity contribution < 1.29 is 19.1 Å². The van der Waals surface area contributed by atoms with Crippen molar-refractivity contribution in [2.75, 3.05) is 12.8 Å². The van der Waals surface area contributed by atoms with E-state index in [1.807, 2.05) is 0 Å². The summed E-state index contributed by atoms with van der Waals surface area (Å²) in [5.41, 5.74) is 6.44. The molecule has 0 spiro atoms. The standard InChI is InChI=1S/C15H23N3O4/c1-15(2,3)22-14(20)18-12(13(19)21-4)6-5-10-7-11(16)9-17-8-10/h7-9,12H,5-6,16H2,1-4H3,(H,18,20)/t12-/m0/s1. The van der Waals surface area contributed by atoms with Crippen molar-refractivity contribution in [2.24, 2.45) is 0 Å². The summed E-state index contributed by atoms with van der Waals surface area (Å²) in [6.45, 7) is 5.24. The molecule has 0 unspecified atom stereocenters. The number of anilines is 1. The van der Waals surface area contributed by atoms with Crippen molar-refractivity contribution in [3.05, 3.63) is 24.0 Å². The molecule has 0 saturated carbocycles. The second-order valence-electron chi connectivity index (χ2n) is 5.89. The zero-order valence-corrected chi connectivity index (χ0v) is 13.4. The number of amides is 1. The fourth-order valence-electron chi connectivity index (χ4n) is 1.80. The third-order valence-electron chi connectivity index (χ3n) is 2.71.